The monoisotopic (exact) mass is 599 g/mol. The van der Waals surface area contributed by atoms with Crippen LogP contribution >= 0.6 is 11.3 Å². The van der Waals surface area contributed by atoms with Gasteiger partial charge in [0, 0.05) is 41.2 Å². The van der Waals surface area contributed by atoms with E-state index in [1.807, 2.05) is 24.1 Å². The van der Waals surface area contributed by atoms with Gasteiger partial charge in [0.1, 0.15) is 6.17 Å². The molecular formula is C34H38FN5O2S. The Morgan fingerprint density at radius 3 is 2.53 bits per heavy atom. The fourth-order valence-corrected chi connectivity index (χ4v) is 9.28. The van der Waals surface area contributed by atoms with Crippen LogP contribution in [0.2, 0.25) is 0 Å². The van der Waals surface area contributed by atoms with Crippen molar-refractivity contribution in [2.45, 2.75) is 96.1 Å². The number of pyridine rings is 1. The Balaban J connectivity index is 1.10. The van der Waals surface area contributed by atoms with Crippen molar-refractivity contribution in [2.75, 3.05) is 11.4 Å². The molecule has 5 fully saturated rings. The van der Waals surface area contributed by atoms with E-state index in [-0.39, 0.29) is 28.6 Å². The number of thiazole rings is 1. The van der Waals surface area contributed by atoms with Gasteiger partial charge in [-0.05, 0) is 93.9 Å². The number of aromatic nitrogens is 4. The molecule has 224 valence electrons. The first-order valence-corrected chi connectivity index (χ1v) is 16.6. The number of amides is 1. The normalized spacial score (nSPS) is 31.1. The summed E-state index contributed by atoms with van der Waals surface area (Å²) in [4.78, 5) is 30.4. The van der Waals surface area contributed by atoms with Gasteiger partial charge in [-0.3, -0.25) is 4.79 Å². The summed E-state index contributed by atoms with van der Waals surface area (Å²) in [5.41, 5.74) is 3.16. The van der Waals surface area contributed by atoms with Crippen molar-refractivity contribution in [1.29, 1.82) is 0 Å². The number of nitrogens with zero attached hydrogens (tertiary/aromatic N) is 5. The summed E-state index contributed by atoms with van der Waals surface area (Å²) in [7, 11) is 0. The minimum Gasteiger partial charge on any atom is -0.339 e. The van der Waals surface area contributed by atoms with E-state index in [1.165, 1.54) is 0 Å². The molecule has 0 saturated heterocycles. The van der Waals surface area contributed by atoms with Crippen molar-refractivity contribution in [2.24, 2.45) is 16.7 Å². The molecule has 0 aliphatic heterocycles. The molecule has 9 rings (SSSR count). The van der Waals surface area contributed by atoms with Crippen LogP contribution < -0.4 is 4.90 Å². The zero-order valence-corrected chi connectivity index (χ0v) is 25.9. The minimum atomic E-state index is -0.847. The molecule has 5 aliphatic rings. The molecular weight excluding hydrogens is 561 g/mol. The number of benzene rings is 1. The SMILES string of the molecule is Cc1nc2ncc(-c3cccc(N(CC45CCC(c6nc(C(C)C)no6)(CC4)CC5)C(=O)C45CCC4C(F)C5)c3)cc2s1. The molecule has 0 N–H and O–H groups in total. The lowest BCUT2D eigenvalue weighted by molar-refractivity contribution is -0.173. The zero-order valence-electron chi connectivity index (χ0n) is 25.1. The molecule has 5 saturated carbocycles. The Morgan fingerprint density at radius 2 is 1.88 bits per heavy atom. The Morgan fingerprint density at radius 1 is 1.09 bits per heavy atom. The third-order valence-corrected chi connectivity index (χ3v) is 12.3. The molecule has 0 spiro atoms. The standard InChI is InChI=1S/C34H38FN5O2S/c1-20(2)28-38-30(42-39-28)33-12-9-32(10-13-33,11-14-33)19-40(31(41)34-8-7-25(34)26(35)17-34)24-6-4-5-22(15-24)23-16-27-29(36-18-23)37-21(3)43-27/h4-6,15-16,18,20,25-26H,7-14,17,19H2,1-3H3. The molecule has 1 aromatic carbocycles. The zero-order chi connectivity index (χ0) is 29.6. The van der Waals surface area contributed by atoms with E-state index in [0.717, 1.165) is 95.3 Å². The van der Waals surface area contributed by atoms with Crippen LogP contribution in [0.4, 0.5) is 10.1 Å². The van der Waals surface area contributed by atoms with E-state index in [4.69, 9.17) is 9.51 Å². The lowest BCUT2D eigenvalue weighted by Gasteiger charge is -2.61. The molecule has 3 heterocycles. The fourth-order valence-electron chi connectivity index (χ4n) is 8.45. The highest BCUT2D eigenvalue weighted by atomic mass is 32.1. The Hall–Kier alpha value is -3.20. The Bertz CT molecular complexity index is 1710. The third kappa shape index (κ3) is 4.20. The number of fused-ring (bicyclic) bond motifs is 5. The predicted octanol–water partition coefficient (Wildman–Crippen LogP) is 7.94. The van der Waals surface area contributed by atoms with Crippen molar-refractivity contribution < 1.29 is 13.7 Å². The van der Waals surface area contributed by atoms with Gasteiger partial charge in [-0.25, -0.2) is 14.4 Å². The molecule has 3 unspecified atom stereocenters. The topological polar surface area (TPSA) is 85.0 Å². The number of anilines is 1. The van der Waals surface area contributed by atoms with Crippen molar-refractivity contribution in [3.05, 3.63) is 53.3 Å². The summed E-state index contributed by atoms with van der Waals surface area (Å²) >= 11 is 1.64. The van der Waals surface area contributed by atoms with Crippen LogP contribution in [0.5, 0.6) is 0 Å². The first kappa shape index (κ1) is 27.4. The van der Waals surface area contributed by atoms with Gasteiger partial charge < -0.3 is 9.42 Å². The quantitative estimate of drug-likeness (QED) is 0.214. The average molecular weight is 600 g/mol. The molecule has 2 bridgehead atoms. The lowest BCUT2D eigenvalue weighted by atomic mass is 9.46. The van der Waals surface area contributed by atoms with Crippen LogP contribution in [-0.4, -0.2) is 38.7 Å². The fraction of sp³-hybridized carbons (Fsp3) is 0.559. The molecule has 3 atom stereocenters. The van der Waals surface area contributed by atoms with E-state index in [2.05, 4.69) is 53.2 Å². The molecule has 1 amide bonds. The third-order valence-electron chi connectivity index (χ3n) is 11.4. The van der Waals surface area contributed by atoms with Crippen LogP contribution in [0.25, 0.3) is 21.5 Å². The van der Waals surface area contributed by atoms with E-state index < -0.39 is 11.6 Å². The molecule has 0 radical (unpaired) electrons. The molecule has 3 aromatic heterocycles. The second kappa shape index (κ2) is 9.65. The van der Waals surface area contributed by atoms with Gasteiger partial charge in [-0.15, -0.1) is 11.3 Å². The van der Waals surface area contributed by atoms with Crippen molar-refractivity contribution in [3.63, 3.8) is 0 Å². The highest BCUT2D eigenvalue weighted by molar-refractivity contribution is 7.18. The van der Waals surface area contributed by atoms with Crippen LogP contribution in [0, 0.1) is 23.7 Å². The second-order valence-corrected chi connectivity index (χ2v) is 15.4. The van der Waals surface area contributed by atoms with Crippen LogP contribution in [0.3, 0.4) is 0 Å². The first-order valence-electron chi connectivity index (χ1n) is 15.8. The van der Waals surface area contributed by atoms with E-state index in [0.29, 0.717) is 13.0 Å². The van der Waals surface area contributed by atoms with E-state index in [9.17, 15) is 9.18 Å². The number of aryl methyl sites for hydroxylation is 1. The summed E-state index contributed by atoms with van der Waals surface area (Å²) in [6, 6.07) is 10.4. The average Bonchev–Trinajstić information content (AvgIpc) is 3.66. The smallest absolute Gasteiger partial charge is 0.233 e. The summed E-state index contributed by atoms with van der Waals surface area (Å²) in [6.45, 7) is 6.85. The van der Waals surface area contributed by atoms with Gasteiger partial charge in [0.25, 0.3) is 0 Å². The van der Waals surface area contributed by atoms with Crippen LogP contribution in [-0.2, 0) is 10.2 Å². The number of carbonyl (C=O) groups is 1. The number of alkyl halides is 1. The number of rotatable bonds is 7. The van der Waals surface area contributed by atoms with Crippen LogP contribution in [0.1, 0.15) is 94.3 Å². The summed E-state index contributed by atoms with van der Waals surface area (Å²) in [5.74, 6) is 1.82. The van der Waals surface area contributed by atoms with Gasteiger partial charge in [0.15, 0.2) is 11.5 Å². The number of carbonyl (C=O) groups excluding carboxylic acids is 1. The lowest BCUT2D eigenvalue weighted by Crippen LogP contribution is -2.66. The first-order chi connectivity index (χ1) is 20.7. The Kier molecular flexibility index (Phi) is 6.14. The molecule has 5 aliphatic carbocycles. The van der Waals surface area contributed by atoms with Gasteiger partial charge in [-0.2, -0.15) is 4.98 Å². The minimum absolute atomic E-state index is 0.0314. The summed E-state index contributed by atoms with van der Waals surface area (Å²) in [5, 5.41) is 5.26. The maximum atomic E-state index is 14.6. The van der Waals surface area contributed by atoms with Crippen molar-refractivity contribution >= 4 is 33.3 Å². The molecule has 43 heavy (non-hydrogen) atoms. The molecule has 7 nitrogen and oxygen atoms in total. The largest absolute Gasteiger partial charge is 0.339 e. The van der Waals surface area contributed by atoms with Gasteiger partial charge in [-0.1, -0.05) is 31.1 Å². The predicted molar refractivity (Wildman–Crippen MR) is 165 cm³/mol. The van der Waals surface area contributed by atoms with Gasteiger partial charge >= 0.3 is 0 Å². The van der Waals surface area contributed by atoms with Gasteiger partial charge in [0.2, 0.25) is 11.8 Å². The van der Waals surface area contributed by atoms with Crippen LogP contribution in [0.15, 0.2) is 41.1 Å². The Labute approximate surface area is 255 Å². The van der Waals surface area contributed by atoms with Crippen molar-refractivity contribution in [1.82, 2.24) is 20.1 Å². The highest BCUT2D eigenvalue weighted by Crippen LogP contribution is 2.64. The number of hydrogen-bond donors (Lipinski definition) is 0. The van der Waals surface area contributed by atoms with Crippen molar-refractivity contribution in [3.8, 4) is 11.1 Å². The van der Waals surface area contributed by atoms with E-state index in [1.54, 1.807) is 11.3 Å². The van der Waals surface area contributed by atoms with E-state index >= 15 is 0 Å². The molecule has 9 heteroatoms. The maximum Gasteiger partial charge on any atom is 0.233 e. The number of hydrogen-bond acceptors (Lipinski definition) is 7. The maximum absolute atomic E-state index is 14.6. The summed E-state index contributed by atoms with van der Waals surface area (Å²) < 4.78 is 21.4. The number of halogens is 1. The highest BCUT2D eigenvalue weighted by Gasteiger charge is 2.66. The van der Waals surface area contributed by atoms with Gasteiger partial charge in [0.05, 0.1) is 15.1 Å². The summed E-state index contributed by atoms with van der Waals surface area (Å²) in [6.07, 6.45) is 9.04. The second-order valence-electron chi connectivity index (χ2n) is 14.1. The molecule has 4 aromatic rings.